The number of imidazole rings is 1. The number of para-hydroxylation sites is 1. The molecule has 0 amide bonds. The fourth-order valence-electron chi connectivity index (χ4n) is 3.39. The number of nitrogens with zero attached hydrogens (tertiary/aromatic N) is 2. The number of aliphatic hydroxyl groups is 1. The van der Waals surface area contributed by atoms with E-state index in [0.29, 0.717) is 5.52 Å². The molecule has 20 heavy (non-hydrogen) atoms. The number of aryl methyl sites for hydroxylation is 1. The van der Waals surface area contributed by atoms with Crippen LogP contribution in [0.3, 0.4) is 0 Å². The molecule has 1 aliphatic carbocycles. The van der Waals surface area contributed by atoms with Crippen molar-refractivity contribution in [1.82, 2.24) is 9.55 Å². The zero-order valence-corrected chi connectivity index (χ0v) is 11.4. The number of benzene rings is 1. The predicted molar refractivity (Wildman–Crippen MR) is 74.9 cm³/mol. The van der Waals surface area contributed by atoms with Gasteiger partial charge >= 0.3 is 5.97 Å². The van der Waals surface area contributed by atoms with Crippen molar-refractivity contribution in [2.24, 2.45) is 5.92 Å². The molecule has 1 heterocycles. The van der Waals surface area contributed by atoms with E-state index >= 15 is 0 Å². The van der Waals surface area contributed by atoms with Gasteiger partial charge in [-0.05, 0) is 31.9 Å². The van der Waals surface area contributed by atoms with Crippen LogP contribution >= 0.6 is 0 Å². The fraction of sp³-hybridized carbons (Fsp3) is 0.467. The minimum Gasteiger partial charge on any atom is -0.478 e. The molecule has 2 N–H and O–H groups in total. The van der Waals surface area contributed by atoms with Gasteiger partial charge in [0.2, 0.25) is 0 Å². The Morgan fingerprint density at radius 3 is 2.95 bits per heavy atom. The van der Waals surface area contributed by atoms with Gasteiger partial charge < -0.3 is 14.8 Å². The largest absolute Gasteiger partial charge is 0.478 e. The topological polar surface area (TPSA) is 75.3 Å². The molecule has 1 saturated carbocycles. The third kappa shape index (κ3) is 1.89. The standard InChI is InChI=1S/C15H18N2O3/c1-9-16-14-11(15(19)20)5-3-7-13(14)17(9)12-6-2-4-10(12)8-18/h3,5,7,10,12,18H,2,4,6,8H2,1H3,(H,19,20). The van der Waals surface area contributed by atoms with E-state index in [1.54, 1.807) is 12.1 Å². The summed E-state index contributed by atoms with van der Waals surface area (Å²) in [6.07, 6.45) is 3.11. The van der Waals surface area contributed by atoms with Crippen molar-refractivity contribution in [3.05, 3.63) is 29.6 Å². The smallest absolute Gasteiger partial charge is 0.337 e. The summed E-state index contributed by atoms with van der Waals surface area (Å²) < 4.78 is 2.11. The Hall–Kier alpha value is -1.88. The Labute approximate surface area is 116 Å². The van der Waals surface area contributed by atoms with Gasteiger partial charge in [-0.25, -0.2) is 9.78 Å². The van der Waals surface area contributed by atoms with Crippen molar-refractivity contribution in [3.8, 4) is 0 Å². The fourth-order valence-corrected chi connectivity index (χ4v) is 3.39. The maximum atomic E-state index is 11.3. The second-order valence-electron chi connectivity index (χ2n) is 5.45. The lowest BCUT2D eigenvalue weighted by atomic mass is 10.0. The van der Waals surface area contributed by atoms with E-state index in [9.17, 15) is 15.0 Å². The summed E-state index contributed by atoms with van der Waals surface area (Å²) in [6, 6.07) is 5.47. The van der Waals surface area contributed by atoms with Gasteiger partial charge in [-0.15, -0.1) is 0 Å². The van der Waals surface area contributed by atoms with Crippen molar-refractivity contribution < 1.29 is 15.0 Å². The number of aromatic nitrogens is 2. The van der Waals surface area contributed by atoms with Crippen LogP contribution in [-0.4, -0.2) is 32.3 Å². The number of aromatic carboxylic acids is 1. The lowest BCUT2D eigenvalue weighted by Gasteiger charge is -2.21. The normalized spacial score (nSPS) is 22.5. The summed E-state index contributed by atoms with van der Waals surface area (Å²) in [5.74, 6) is 0.101. The Kier molecular flexibility index (Phi) is 3.22. The highest BCUT2D eigenvalue weighted by atomic mass is 16.4. The summed E-state index contributed by atoms with van der Waals surface area (Å²) in [6.45, 7) is 2.07. The van der Waals surface area contributed by atoms with E-state index in [4.69, 9.17) is 0 Å². The Morgan fingerprint density at radius 1 is 1.45 bits per heavy atom. The van der Waals surface area contributed by atoms with Crippen molar-refractivity contribution >= 4 is 17.0 Å². The van der Waals surface area contributed by atoms with Crippen molar-refractivity contribution in [1.29, 1.82) is 0 Å². The molecule has 2 unspecified atom stereocenters. The van der Waals surface area contributed by atoms with Crippen LogP contribution in [0.4, 0.5) is 0 Å². The highest BCUT2D eigenvalue weighted by Crippen LogP contribution is 2.38. The molecule has 0 bridgehead atoms. The van der Waals surface area contributed by atoms with Crippen LogP contribution in [-0.2, 0) is 0 Å². The first kappa shape index (κ1) is 13.1. The summed E-state index contributed by atoms with van der Waals surface area (Å²) in [5.41, 5.74) is 1.64. The van der Waals surface area contributed by atoms with Gasteiger partial charge in [0.25, 0.3) is 0 Å². The minimum absolute atomic E-state index is 0.169. The maximum Gasteiger partial charge on any atom is 0.337 e. The maximum absolute atomic E-state index is 11.3. The molecule has 0 spiro atoms. The molecule has 3 rings (SSSR count). The second-order valence-corrected chi connectivity index (χ2v) is 5.45. The SMILES string of the molecule is Cc1nc2c(C(=O)O)cccc2n1C1CCCC1CO. The molecular formula is C15H18N2O3. The van der Waals surface area contributed by atoms with Crippen LogP contribution < -0.4 is 0 Å². The third-order valence-electron chi connectivity index (χ3n) is 4.31. The van der Waals surface area contributed by atoms with E-state index in [2.05, 4.69) is 9.55 Å². The van der Waals surface area contributed by atoms with E-state index in [1.807, 2.05) is 13.0 Å². The van der Waals surface area contributed by atoms with Gasteiger partial charge in [-0.2, -0.15) is 0 Å². The zero-order chi connectivity index (χ0) is 14.3. The highest BCUT2D eigenvalue weighted by Gasteiger charge is 2.30. The number of carboxylic acid groups (broad SMARTS) is 1. The molecule has 5 nitrogen and oxygen atoms in total. The van der Waals surface area contributed by atoms with Gasteiger partial charge in [-0.1, -0.05) is 12.5 Å². The number of aliphatic hydroxyl groups excluding tert-OH is 1. The zero-order valence-electron chi connectivity index (χ0n) is 11.4. The van der Waals surface area contributed by atoms with Crippen LogP contribution in [0.5, 0.6) is 0 Å². The average molecular weight is 274 g/mol. The first-order valence-electron chi connectivity index (χ1n) is 6.95. The number of carbonyl (C=O) groups is 1. The van der Waals surface area contributed by atoms with E-state index in [0.717, 1.165) is 30.6 Å². The summed E-state index contributed by atoms with van der Waals surface area (Å²) in [7, 11) is 0. The van der Waals surface area contributed by atoms with Gasteiger partial charge in [0, 0.05) is 18.6 Å². The van der Waals surface area contributed by atoms with Crippen LogP contribution in [0, 0.1) is 12.8 Å². The van der Waals surface area contributed by atoms with Crippen LogP contribution in [0.25, 0.3) is 11.0 Å². The van der Waals surface area contributed by atoms with Crippen molar-refractivity contribution in [2.45, 2.75) is 32.2 Å². The minimum atomic E-state index is -0.953. The molecule has 1 aliphatic rings. The first-order valence-corrected chi connectivity index (χ1v) is 6.95. The molecular weight excluding hydrogens is 256 g/mol. The quantitative estimate of drug-likeness (QED) is 0.901. The van der Waals surface area contributed by atoms with Gasteiger partial charge in [0.05, 0.1) is 11.1 Å². The van der Waals surface area contributed by atoms with Crippen molar-refractivity contribution in [2.75, 3.05) is 6.61 Å². The molecule has 0 aliphatic heterocycles. The Morgan fingerprint density at radius 2 is 2.25 bits per heavy atom. The molecule has 106 valence electrons. The summed E-state index contributed by atoms with van der Waals surface area (Å²) in [4.78, 5) is 15.7. The van der Waals surface area contributed by atoms with Gasteiger partial charge in [0.1, 0.15) is 11.3 Å². The summed E-state index contributed by atoms with van der Waals surface area (Å²) in [5, 5.41) is 18.8. The molecule has 2 atom stereocenters. The van der Waals surface area contributed by atoms with Crippen LogP contribution in [0.1, 0.15) is 41.5 Å². The number of hydrogen-bond donors (Lipinski definition) is 2. The van der Waals surface area contributed by atoms with Crippen LogP contribution in [0.2, 0.25) is 0 Å². The van der Waals surface area contributed by atoms with Crippen LogP contribution in [0.15, 0.2) is 18.2 Å². The predicted octanol–water partition coefficient (Wildman–Crippen LogP) is 2.38. The monoisotopic (exact) mass is 274 g/mol. The summed E-state index contributed by atoms with van der Waals surface area (Å²) >= 11 is 0. The van der Waals surface area contributed by atoms with E-state index < -0.39 is 5.97 Å². The molecule has 2 aromatic rings. The number of hydrogen-bond acceptors (Lipinski definition) is 3. The third-order valence-corrected chi connectivity index (χ3v) is 4.31. The Bertz CT molecular complexity index is 662. The molecule has 0 radical (unpaired) electrons. The average Bonchev–Trinajstić information content (AvgIpc) is 2.99. The number of carboxylic acids is 1. The van der Waals surface area contributed by atoms with E-state index in [1.165, 1.54) is 0 Å². The number of fused-ring (bicyclic) bond motifs is 1. The molecule has 1 aromatic carbocycles. The number of rotatable bonds is 3. The lowest BCUT2D eigenvalue weighted by molar-refractivity contribution is 0.0699. The second kappa shape index (κ2) is 4.90. The molecule has 1 aromatic heterocycles. The lowest BCUT2D eigenvalue weighted by Crippen LogP contribution is -2.18. The van der Waals surface area contributed by atoms with Gasteiger partial charge in [-0.3, -0.25) is 0 Å². The molecule has 1 fully saturated rings. The van der Waals surface area contributed by atoms with Gasteiger partial charge in [0.15, 0.2) is 0 Å². The highest BCUT2D eigenvalue weighted by molar-refractivity contribution is 6.01. The molecule has 5 heteroatoms. The van der Waals surface area contributed by atoms with E-state index in [-0.39, 0.29) is 24.1 Å². The van der Waals surface area contributed by atoms with Crippen molar-refractivity contribution in [3.63, 3.8) is 0 Å². The Balaban J connectivity index is 2.19. The molecule has 0 saturated heterocycles. The first-order chi connectivity index (χ1) is 9.63.